The first-order valence-electron chi connectivity index (χ1n) is 6.06. The first kappa shape index (κ1) is 19.0. The van der Waals surface area contributed by atoms with Crippen molar-refractivity contribution in [2.45, 2.75) is 0 Å². The molecule has 0 aromatic heterocycles. The average Bonchev–Trinajstić information content (AvgIpc) is 2.48. The van der Waals surface area contributed by atoms with Crippen molar-refractivity contribution < 1.29 is 28.2 Å². The fraction of sp³-hybridized carbons (Fsp3) is 0.133. The van der Waals surface area contributed by atoms with Crippen molar-refractivity contribution >= 4 is 29.2 Å². The molecule has 0 amide bonds. The Morgan fingerprint density at radius 2 is 1.57 bits per heavy atom. The standard InChI is InChI=1S/C8H6ClFO3.C7H6ClFO/c1-13-7-5(9)3-2-4(6(7)10)8(11)12;1-10-7-5(8)3-2-4-6(7)9/h2-3H,1H3,(H,11,12);2-4H,1H3. The fourth-order valence-electron chi connectivity index (χ4n) is 1.56. The van der Waals surface area contributed by atoms with E-state index in [0.29, 0.717) is 5.02 Å². The maximum Gasteiger partial charge on any atom is 0.338 e. The Kier molecular flexibility index (Phi) is 7.06. The van der Waals surface area contributed by atoms with Crippen LogP contribution in [-0.4, -0.2) is 25.3 Å². The van der Waals surface area contributed by atoms with Crippen LogP contribution in [0.5, 0.6) is 11.5 Å². The van der Waals surface area contributed by atoms with Gasteiger partial charge in [-0.1, -0.05) is 29.3 Å². The molecule has 23 heavy (non-hydrogen) atoms. The van der Waals surface area contributed by atoms with E-state index >= 15 is 0 Å². The molecule has 1 N–H and O–H groups in total. The Labute approximate surface area is 141 Å². The molecule has 0 unspecified atom stereocenters. The predicted molar refractivity (Wildman–Crippen MR) is 82.9 cm³/mol. The average molecular weight is 365 g/mol. The molecule has 0 aliphatic carbocycles. The Hall–Kier alpha value is -2.05. The van der Waals surface area contributed by atoms with Gasteiger partial charge in [0.2, 0.25) is 0 Å². The van der Waals surface area contributed by atoms with Gasteiger partial charge in [-0.2, -0.15) is 0 Å². The van der Waals surface area contributed by atoms with Crippen LogP contribution >= 0.6 is 23.2 Å². The predicted octanol–water partition coefficient (Wildman–Crippen LogP) is 4.67. The number of aromatic carboxylic acids is 1. The lowest BCUT2D eigenvalue weighted by Gasteiger charge is -2.05. The molecule has 2 aromatic rings. The third kappa shape index (κ3) is 4.71. The molecule has 8 heteroatoms. The second kappa shape index (κ2) is 8.55. The summed E-state index contributed by atoms with van der Waals surface area (Å²) in [5.74, 6) is -2.89. The van der Waals surface area contributed by atoms with Crippen molar-refractivity contribution in [3.63, 3.8) is 0 Å². The second-order valence-corrected chi connectivity index (χ2v) is 4.82. The lowest BCUT2D eigenvalue weighted by atomic mass is 10.2. The lowest BCUT2D eigenvalue weighted by molar-refractivity contribution is 0.0691. The summed E-state index contributed by atoms with van der Waals surface area (Å²) in [6.45, 7) is 0. The van der Waals surface area contributed by atoms with E-state index in [4.69, 9.17) is 28.3 Å². The van der Waals surface area contributed by atoms with Crippen molar-refractivity contribution in [3.8, 4) is 11.5 Å². The van der Waals surface area contributed by atoms with E-state index in [-0.39, 0.29) is 16.5 Å². The first-order chi connectivity index (χ1) is 10.8. The third-order valence-electron chi connectivity index (χ3n) is 2.61. The van der Waals surface area contributed by atoms with Crippen LogP contribution in [0.2, 0.25) is 10.0 Å². The van der Waals surface area contributed by atoms with Gasteiger partial charge >= 0.3 is 5.97 Å². The summed E-state index contributed by atoms with van der Waals surface area (Å²) in [5, 5.41) is 8.88. The number of benzene rings is 2. The summed E-state index contributed by atoms with van der Waals surface area (Å²) in [4.78, 5) is 10.5. The normalized spacial score (nSPS) is 9.65. The van der Waals surface area contributed by atoms with Crippen LogP contribution in [0.1, 0.15) is 10.4 Å². The molecule has 0 radical (unpaired) electrons. The number of halogens is 4. The number of rotatable bonds is 3. The van der Waals surface area contributed by atoms with Gasteiger partial charge in [-0.25, -0.2) is 13.6 Å². The summed E-state index contributed by atoms with van der Waals surface area (Å²) in [5.41, 5.74) is -0.457. The Bertz CT molecular complexity index is 688. The number of ether oxygens (including phenoxy) is 2. The molecule has 0 aliphatic rings. The maximum absolute atomic E-state index is 13.2. The van der Waals surface area contributed by atoms with E-state index < -0.39 is 23.2 Å². The van der Waals surface area contributed by atoms with Gasteiger partial charge < -0.3 is 14.6 Å². The van der Waals surface area contributed by atoms with E-state index in [1.54, 1.807) is 6.07 Å². The molecule has 0 heterocycles. The number of carboxylic acid groups (broad SMARTS) is 1. The molecule has 0 fully saturated rings. The van der Waals surface area contributed by atoms with Crippen molar-refractivity contribution in [2.75, 3.05) is 14.2 Å². The van der Waals surface area contributed by atoms with Crippen LogP contribution in [0, 0.1) is 11.6 Å². The Morgan fingerprint density at radius 3 is 2.00 bits per heavy atom. The monoisotopic (exact) mass is 364 g/mol. The molecule has 0 aliphatic heterocycles. The van der Waals surface area contributed by atoms with Gasteiger partial charge in [0.15, 0.2) is 23.1 Å². The molecule has 0 saturated heterocycles. The topological polar surface area (TPSA) is 55.8 Å². The SMILES string of the molecule is COc1c(Cl)ccc(C(=O)O)c1F.COc1c(F)cccc1Cl. The van der Waals surface area contributed by atoms with Crippen molar-refractivity contribution in [1.82, 2.24) is 0 Å². The molecule has 4 nitrogen and oxygen atoms in total. The maximum atomic E-state index is 13.2. The summed E-state index contributed by atoms with van der Waals surface area (Å²) in [6.07, 6.45) is 0. The smallest absolute Gasteiger partial charge is 0.338 e. The minimum Gasteiger partial charge on any atom is -0.492 e. The van der Waals surface area contributed by atoms with Crippen LogP contribution in [0.15, 0.2) is 30.3 Å². The third-order valence-corrected chi connectivity index (χ3v) is 3.20. The molecule has 2 aromatic carbocycles. The van der Waals surface area contributed by atoms with Crippen LogP contribution in [0.3, 0.4) is 0 Å². The zero-order valence-electron chi connectivity index (χ0n) is 12.1. The molecule has 0 spiro atoms. The molecular formula is C15H12Cl2F2O4. The molecule has 0 saturated carbocycles. The van der Waals surface area contributed by atoms with Gasteiger partial charge in [0.05, 0.1) is 29.8 Å². The van der Waals surface area contributed by atoms with Gasteiger partial charge in [-0.3, -0.25) is 0 Å². The van der Waals surface area contributed by atoms with E-state index in [0.717, 1.165) is 6.07 Å². The van der Waals surface area contributed by atoms with Crippen molar-refractivity contribution in [1.29, 1.82) is 0 Å². The summed E-state index contributed by atoms with van der Waals surface area (Å²) < 4.78 is 35.1. The Balaban J connectivity index is 0.000000238. The second-order valence-electron chi connectivity index (χ2n) is 4.00. The largest absolute Gasteiger partial charge is 0.492 e. The highest BCUT2D eigenvalue weighted by Crippen LogP contribution is 2.29. The number of para-hydroxylation sites is 1. The highest BCUT2D eigenvalue weighted by atomic mass is 35.5. The molecule has 0 bridgehead atoms. The van der Waals surface area contributed by atoms with Crippen LogP contribution in [0.25, 0.3) is 0 Å². The van der Waals surface area contributed by atoms with Gasteiger partial charge in [0.1, 0.15) is 0 Å². The van der Waals surface area contributed by atoms with E-state index in [1.165, 1.54) is 32.4 Å². The summed E-state index contributed by atoms with van der Waals surface area (Å²) in [7, 11) is 2.60. The zero-order chi connectivity index (χ0) is 17.6. The highest BCUT2D eigenvalue weighted by molar-refractivity contribution is 6.32. The Morgan fingerprint density at radius 1 is 1.00 bits per heavy atom. The summed E-state index contributed by atoms with van der Waals surface area (Å²) >= 11 is 11.1. The number of methoxy groups -OCH3 is 2. The van der Waals surface area contributed by atoms with E-state index in [1.807, 2.05) is 0 Å². The van der Waals surface area contributed by atoms with Gasteiger partial charge in [0.25, 0.3) is 0 Å². The number of hydrogen-bond donors (Lipinski definition) is 1. The van der Waals surface area contributed by atoms with Crippen LogP contribution < -0.4 is 9.47 Å². The number of hydrogen-bond acceptors (Lipinski definition) is 3. The van der Waals surface area contributed by atoms with Crippen LogP contribution in [-0.2, 0) is 0 Å². The minimum absolute atomic E-state index is 0.0463. The molecular weight excluding hydrogens is 353 g/mol. The highest BCUT2D eigenvalue weighted by Gasteiger charge is 2.17. The van der Waals surface area contributed by atoms with E-state index in [9.17, 15) is 13.6 Å². The summed E-state index contributed by atoms with van der Waals surface area (Å²) in [6, 6.07) is 6.75. The molecule has 124 valence electrons. The number of carboxylic acids is 1. The number of carbonyl (C=O) groups is 1. The lowest BCUT2D eigenvalue weighted by Crippen LogP contribution is -2.02. The molecule has 0 atom stereocenters. The zero-order valence-corrected chi connectivity index (χ0v) is 13.6. The minimum atomic E-state index is -1.35. The van der Waals surface area contributed by atoms with Gasteiger partial charge in [-0.15, -0.1) is 0 Å². The molecule has 2 rings (SSSR count). The van der Waals surface area contributed by atoms with Gasteiger partial charge in [-0.05, 0) is 24.3 Å². The van der Waals surface area contributed by atoms with Gasteiger partial charge in [0, 0.05) is 0 Å². The first-order valence-corrected chi connectivity index (χ1v) is 6.82. The van der Waals surface area contributed by atoms with Crippen LogP contribution in [0.4, 0.5) is 8.78 Å². The van der Waals surface area contributed by atoms with Crippen molar-refractivity contribution in [3.05, 3.63) is 57.6 Å². The fourth-order valence-corrected chi connectivity index (χ4v) is 2.03. The quantitative estimate of drug-likeness (QED) is 0.859. The van der Waals surface area contributed by atoms with E-state index in [2.05, 4.69) is 9.47 Å². The van der Waals surface area contributed by atoms with Crippen molar-refractivity contribution in [2.24, 2.45) is 0 Å².